The maximum atomic E-state index is 5.86. The van der Waals surface area contributed by atoms with Gasteiger partial charge in [0.05, 0.1) is 15.2 Å². The summed E-state index contributed by atoms with van der Waals surface area (Å²) in [6.45, 7) is 4.04. The Morgan fingerprint density at radius 2 is 2.44 bits per heavy atom. The summed E-state index contributed by atoms with van der Waals surface area (Å²) in [7, 11) is 0. The lowest BCUT2D eigenvalue weighted by Gasteiger charge is -2.11. The van der Waals surface area contributed by atoms with E-state index in [0.29, 0.717) is 6.04 Å². The number of rotatable bonds is 4. The van der Waals surface area contributed by atoms with Crippen LogP contribution in [0.1, 0.15) is 24.8 Å². The van der Waals surface area contributed by atoms with Crippen LogP contribution in [0.15, 0.2) is 18.2 Å². The molecular formula is C14H18N2OS. The van der Waals surface area contributed by atoms with Crippen molar-refractivity contribution >= 4 is 21.6 Å². The number of thiazole rings is 1. The molecule has 1 aliphatic heterocycles. The zero-order valence-electron chi connectivity index (χ0n) is 10.6. The van der Waals surface area contributed by atoms with Gasteiger partial charge in [0.25, 0.3) is 0 Å². The van der Waals surface area contributed by atoms with Crippen LogP contribution in [0.3, 0.4) is 0 Å². The lowest BCUT2D eigenvalue weighted by atomic mass is 10.2. The normalized spacial score (nSPS) is 19.5. The van der Waals surface area contributed by atoms with Crippen LogP contribution in [0, 0.1) is 0 Å². The second-order valence-electron chi connectivity index (χ2n) is 4.69. The van der Waals surface area contributed by atoms with Crippen molar-refractivity contribution in [2.45, 2.75) is 32.2 Å². The Labute approximate surface area is 111 Å². The van der Waals surface area contributed by atoms with Gasteiger partial charge in [-0.05, 0) is 44.0 Å². The average molecular weight is 262 g/mol. The summed E-state index contributed by atoms with van der Waals surface area (Å²) < 4.78 is 7.08. The third kappa shape index (κ3) is 2.49. The fraction of sp³-hybridized carbons (Fsp3) is 0.500. The molecule has 4 heteroatoms. The van der Waals surface area contributed by atoms with E-state index in [0.717, 1.165) is 30.8 Å². The molecule has 0 saturated carbocycles. The highest BCUT2D eigenvalue weighted by molar-refractivity contribution is 7.18. The maximum Gasteiger partial charge on any atom is 0.120 e. The molecule has 0 radical (unpaired) electrons. The molecule has 1 aliphatic rings. The van der Waals surface area contributed by atoms with E-state index in [1.54, 1.807) is 11.3 Å². The Kier molecular flexibility index (Phi) is 3.48. The van der Waals surface area contributed by atoms with E-state index in [2.05, 4.69) is 29.4 Å². The van der Waals surface area contributed by atoms with Crippen molar-refractivity contribution in [2.75, 3.05) is 13.2 Å². The summed E-state index contributed by atoms with van der Waals surface area (Å²) in [6, 6.07) is 6.72. The molecule has 0 aliphatic carbocycles. The van der Waals surface area contributed by atoms with Gasteiger partial charge >= 0.3 is 0 Å². The fourth-order valence-electron chi connectivity index (χ4n) is 2.29. The van der Waals surface area contributed by atoms with Crippen LogP contribution in [0.5, 0.6) is 5.75 Å². The maximum absolute atomic E-state index is 5.86. The van der Waals surface area contributed by atoms with Crippen LogP contribution >= 0.6 is 11.3 Å². The third-order valence-electron chi connectivity index (χ3n) is 3.32. The molecule has 2 heterocycles. The number of fused-ring (bicyclic) bond motifs is 1. The SMILES string of the molecule is CCc1nc2ccc(OCC3CCCN3)cc2s1. The Morgan fingerprint density at radius 3 is 3.22 bits per heavy atom. The fourth-order valence-corrected chi connectivity index (χ4v) is 3.22. The molecule has 3 nitrogen and oxygen atoms in total. The zero-order chi connectivity index (χ0) is 12.4. The van der Waals surface area contributed by atoms with Crippen molar-refractivity contribution in [3.8, 4) is 5.75 Å². The molecule has 1 aromatic heterocycles. The summed E-state index contributed by atoms with van der Waals surface area (Å²) in [5, 5.41) is 4.64. The molecule has 2 aromatic rings. The van der Waals surface area contributed by atoms with Gasteiger partial charge in [-0.15, -0.1) is 11.3 Å². The van der Waals surface area contributed by atoms with Gasteiger partial charge < -0.3 is 10.1 Å². The molecule has 0 bridgehead atoms. The van der Waals surface area contributed by atoms with E-state index >= 15 is 0 Å². The predicted molar refractivity (Wildman–Crippen MR) is 75.5 cm³/mol. The molecule has 1 saturated heterocycles. The van der Waals surface area contributed by atoms with Crippen molar-refractivity contribution in [3.05, 3.63) is 23.2 Å². The Morgan fingerprint density at radius 1 is 1.50 bits per heavy atom. The predicted octanol–water partition coefficient (Wildman–Crippen LogP) is 2.99. The van der Waals surface area contributed by atoms with Gasteiger partial charge in [-0.2, -0.15) is 0 Å². The van der Waals surface area contributed by atoms with Gasteiger partial charge in [0.15, 0.2) is 0 Å². The molecule has 0 amide bonds. The highest BCUT2D eigenvalue weighted by Crippen LogP contribution is 2.26. The first kappa shape index (κ1) is 11.9. The number of nitrogens with zero attached hydrogens (tertiary/aromatic N) is 1. The van der Waals surface area contributed by atoms with Gasteiger partial charge in [0.1, 0.15) is 12.4 Å². The van der Waals surface area contributed by atoms with E-state index < -0.39 is 0 Å². The highest BCUT2D eigenvalue weighted by Gasteiger charge is 2.14. The van der Waals surface area contributed by atoms with Gasteiger partial charge in [0.2, 0.25) is 0 Å². The molecule has 1 N–H and O–H groups in total. The summed E-state index contributed by atoms with van der Waals surface area (Å²) in [4.78, 5) is 4.56. The number of benzene rings is 1. The summed E-state index contributed by atoms with van der Waals surface area (Å²) in [5.74, 6) is 0.961. The quantitative estimate of drug-likeness (QED) is 0.919. The van der Waals surface area contributed by atoms with Crippen LogP contribution in [-0.2, 0) is 6.42 Å². The molecule has 1 aromatic carbocycles. The lowest BCUT2D eigenvalue weighted by Crippen LogP contribution is -2.28. The molecule has 0 spiro atoms. The molecule has 18 heavy (non-hydrogen) atoms. The molecular weight excluding hydrogens is 244 g/mol. The minimum absolute atomic E-state index is 0.522. The van der Waals surface area contributed by atoms with Crippen LogP contribution < -0.4 is 10.1 Å². The van der Waals surface area contributed by atoms with E-state index in [4.69, 9.17) is 4.74 Å². The molecule has 1 unspecified atom stereocenters. The minimum Gasteiger partial charge on any atom is -0.492 e. The standard InChI is InChI=1S/C14H18N2OS/c1-2-14-16-12-6-5-11(8-13(12)18-14)17-9-10-4-3-7-15-10/h5-6,8,10,15H,2-4,7,9H2,1H3. The van der Waals surface area contributed by atoms with Crippen LogP contribution in [0.2, 0.25) is 0 Å². The number of ether oxygens (including phenoxy) is 1. The second-order valence-corrected chi connectivity index (χ2v) is 5.81. The second kappa shape index (κ2) is 5.24. The Balaban J connectivity index is 1.71. The summed E-state index contributed by atoms with van der Waals surface area (Å²) in [5.41, 5.74) is 1.09. The van der Waals surface area contributed by atoms with Crippen LogP contribution in [0.4, 0.5) is 0 Å². The Hall–Kier alpha value is -1.13. The van der Waals surface area contributed by atoms with Gasteiger partial charge in [-0.25, -0.2) is 4.98 Å². The van der Waals surface area contributed by atoms with Gasteiger partial charge in [0, 0.05) is 6.04 Å². The first-order valence-electron chi connectivity index (χ1n) is 6.61. The van der Waals surface area contributed by atoms with Crippen molar-refractivity contribution in [2.24, 2.45) is 0 Å². The molecule has 1 fully saturated rings. The van der Waals surface area contributed by atoms with E-state index in [-0.39, 0.29) is 0 Å². The van der Waals surface area contributed by atoms with Crippen molar-refractivity contribution < 1.29 is 4.74 Å². The van der Waals surface area contributed by atoms with Crippen molar-refractivity contribution in [1.29, 1.82) is 0 Å². The molecule has 3 rings (SSSR count). The van der Waals surface area contributed by atoms with Crippen LogP contribution in [0.25, 0.3) is 10.2 Å². The number of nitrogens with one attached hydrogen (secondary N) is 1. The van der Waals surface area contributed by atoms with E-state index in [1.807, 2.05) is 6.07 Å². The smallest absolute Gasteiger partial charge is 0.120 e. The topological polar surface area (TPSA) is 34.1 Å². The monoisotopic (exact) mass is 262 g/mol. The van der Waals surface area contributed by atoms with Crippen LogP contribution in [-0.4, -0.2) is 24.2 Å². The first-order chi connectivity index (χ1) is 8.85. The largest absolute Gasteiger partial charge is 0.492 e. The first-order valence-corrected chi connectivity index (χ1v) is 7.42. The summed E-state index contributed by atoms with van der Waals surface area (Å²) >= 11 is 1.76. The minimum atomic E-state index is 0.522. The number of aromatic nitrogens is 1. The van der Waals surface area contributed by atoms with E-state index in [9.17, 15) is 0 Å². The van der Waals surface area contributed by atoms with Gasteiger partial charge in [-0.1, -0.05) is 6.92 Å². The summed E-state index contributed by atoms with van der Waals surface area (Å²) in [6.07, 6.45) is 3.49. The molecule has 96 valence electrons. The van der Waals surface area contributed by atoms with E-state index in [1.165, 1.54) is 22.5 Å². The average Bonchev–Trinajstić information content (AvgIpc) is 3.04. The Bertz CT molecular complexity index is 532. The lowest BCUT2D eigenvalue weighted by molar-refractivity contribution is 0.277. The van der Waals surface area contributed by atoms with Crippen molar-refractivity contribution in [1.82, 2.24) is 10.3 Å². The van der Waals surface area contributed by atoms with Crippen molar-refractivity contribution in [3.63, 3.8) is 0 Å². The zero-order valence-corrected chi connectivity index (χ0v) is 11.4. The highest BCUT2D eigenvalue weighted by atomic mass is 32.1. The van der Waals surface area contributed by atoms with Gasteiger partial charge in [-0.3, -0.25) is 0 Å². The third-order valence-corrected chi connectivity index (χ3v) is 4.48. The number of hydrogen-bond donors (Lipinski definition) is 1. The number of hydrogen-bond acceptors (Lipinski definition) is 4. The molecule has 1 atom stereocenters. The number of aryl methyl sites for hydroxylation is 1.